The van der Waals surface area contributed by atoms with E-state index in [0.717, 1.165) is 28.5 Å². The fourth-order valence-electron chi connectivity index (χ4n) is 2.93. The third kappa shape index (κ3) is 3.05. The van der Waals surface area contributed by atoms with E-state index in [1.165, 1.54) is 12.1 Å². The Bertz CT molecular complexity index is 1010. The van der Waals surface area contributed by atoms with Crippen molar-refractivity contribution in [3.8, 4) is 0 Å². The first-order valence-corrected chi connectivity index (χ1v) is 8.50. The molecule has 0 bridgehead atoms. The van der Waals surface area contributed by atoms with Gasteiger partial charge in [-0.1, -0.05) is 12.1 Å². The fraction of sp³-hybridized carbons (Fsp3) is 0.316. The van der Waals surface area contributed by atoms with Gasteiger partial charge in [0.1, 0.15) is 5.69 Å². The van der Waals surface area contributed by atoms with Crippen molar-refractivity contribution in [2.24, 2.45) is 0 Å². The Morgan fingerprint density at radius 3 is 2.69 bits per heavy atom. The number of alkyl halides is 2. The Morgan fingerprint density at radius 1 is 1.23 bits per heavy atom. The van der Waals surface area contributed by atoms with Crippen molar-refractivity contribution in [3.05, 3.63) is 58.5 Å². The van der Waals surface area contributed by atoms with Crippen molar-refractivity contribution in [2.45, 2.75) is 39.0 Å². The second-order valence-corrected chi connectivity index (χ2v) is 6.75. The van der Waals surface area contributed by atoms with Crippen LogP contribution >= 0.6 is 0 Å². The van der Waals surface area contributed by atoms with Crippen LogP contribution in [0.4, 0.5) is 14.5 Å². The summed E-state index contributed by atoms with van der Waals surface area (Å²) >= 11 is 0. The second kappa shape index (κ2) is 6.16. The lowest BCUT2D eigenvalue weighted by Gasteiger charge is -2.08. The predicted octanol–water partition coefficient (Wildman–Crippen LogP) is 4.41. The molecule has 1 aliphatic rings. The number of nitrogens with one attached hydrogen (secondary N) is 1. The molecule has 1 saturated carbocycles. The van der Waals surface area contributed by atoms with E-state index in [1.807, 2.05) is 32.0 Å². The molecule has 1 aromatic carbocycles. The maximum Gasteiger partial charge on any atom is 0.280 e. The number of hydrogen-bond donors (Lipinski definition) is 1. The molecule has 134 valence electrons. The highest BCUT2D eigenvalue weighted by molar-refractivity contribution is 6.03. The minimum Gasteiger partial charge on any atom is -0.320 e. The van der Waals surface area contributed by atoms with Gasteiger partial charge in [-0.15, -0.1) is 0 Å². The molecule has 5 nitrogen and oxygen atoms in total. The Balaban J connectivity index is 1.71. The smallest absolute Gasteiger partial charge is 0.280 e. The molecule has 0 aliphatic heterocycles. The van der Waals surface area contributed by atoms with Crippen LogP contribution in [0.3, 0.4) is 0 Å². The van der Waals surface area contributed by atoms with E-state index >= 15 is 0 Å². The summed E-state index contributed by atoms with van der Waals surface area (Å²) in [5.74, 6) is -0.211. The van der Waals surface area contributed by atoms with Crippen molar-refractivity contribution in [1.29, 1.82) is 0 Å². The van der Waals surface area contributed by atoms with E-state index in [-0.39, 0.29) is 23.0 Å². The summed E-state index contributed by atoms with van der Waals surface area (Å²) in [6.45, 7) is 3.81. The quantitative estimate of drug-likeness (QED) is 0.753. The van der Waals surface area contributed by atoms with Gasteiger partial charge in [-0.05, 0) is 49.9 Å². The number of benzene rings is 1. The molecule has 4 rings (SSSR count). The molecule has 1 N–H and O–H groups in total. The molecule has 0 saturated heterocycles. The summed E-state index contributed by atoms with van der Waals surface area (Å²) in [6, 6.07) is 8.57. The van der Waals surface area contributed by atoms with Gasteiger partial charge in [-0.2, -0.15) is 5.10 Å². The van der Waals surface area contributed by atoms with Gasteiger partial charge in [0, 0.05) is 23.4 Å². The van der Waals surface area contributed by atoms with Crippen molar-refractivity contribution in [2.75, 3.05) is 5.32 Å². The predicted molar refractivity (Wildman–Crippen MR) is 93.8 cm³/mol. The van der Waals surface area contributed by atoms with Crippen molar-refractivity contribution in [1.82, 2.24) is 14.6 Å². The van der Waals surface area contributed by atoms with Crippen LogP contribution < -0.4 is 5.32 Å². The molecule has 26 heavy (non-hydrogen) atoms. The van der Waals surface area contributed by atoms with E-state index in [9.17, 15) is 13.6 Å². The SMILES string of the molecule is Cc1ccc(C)c(NC(=O)c2cc3nc(C4CC4)cc(C(F)F)n3n2)c1. The standard InChI is InChI=1S/C19H18F2N4O/c1-10-3-4-11(2)13(7-10)23-19(26)15-9-17-22-14(12-5-6-12)8-16(18(20)21)25(17)24-15/h3-4,7-9,12,18H,5-6H2,1-2H3,(H,23,26). The third-order valence-corrected chi connectivity index (χ3v) is 4.57. The number of aryl methyl sites for hydroxylation is 2. The number of anilines is 1. The molecule has 0 atom stereocenters. The number of carbonyl (C=O) groups excluding carboxylic acids is 1. The average molecular weight is 356 g/mol. The van der Waals surface area contributed by atoms with Crippen LogP contribution in [0.5, 0.6) is 0 Å². The summed E-state index contributed by atoms with van der Waals surface area (Å²) in [7, 11) is 0. The Kier molecular flexibility index (Phi) is 3.94. The number of fused-ring (bicyclic) bond motifs is 1. The zero-order chi connectivity index (χ0) is 18.4. The average Bonchev–Trinajstić information content (AvgIpc) is 3.35. The third-order valence-electron chi connectivity index (χ3n) is 4.57. The largest absolute Gasteiger partial charge is 0.320 e. The molecule has 2 aromatic heterocycles. The maximum atomic E-state index is 13.4. The summed E-state index contributed by atoms with van der Waals surface area (Å²) < 4.78 is 27.9. The Hall–Kier alpha value is -2.83. The van der Waals surface area contributed by atoms with E-state index < -0.39 is 12.3 Å². The molecule has 0 unspecified atom stereocenters. The van der Waals surface area contributed by atoms with E-state index in [2.05, 4.69) is 15.4 Å². The number of rotatable bonds is 4. The topological polar surface area (TPSA) is 59.3 Å². The number of amides is 1. The van der Waals surface area contributed by atoms with Gasteiger partial charge in [-0.3, -0.25) is 4.79 Å². The number of carbonyl (C=O) groups is 1. The lowest BCUT2D eigenvalue weighted by atomic mass is 10.1. The lowest BCUT2D eigenvalue weighted by Crippen LogP contribution is -2.14. The van der Waals surface area contributed by atoms with Gasteiger partial charge in [-0.25, -0.2) is 18.3 Å². The number of hydrogen-bond acceptors (Lipinski definition) is 3. The normalized spacial score (nSPS) is 14.2. The minimum absolute atomic E-state index is 0.0632. The van der Waals surface area contributed by atoms with Crippen LogP contribution in [0, 0.1) is 13.8 Å². The molecule has 3 aromatic rings. The zero-order valence-electron chi connectivity index (χ0n) is 14.5. The van der Waals surface area contributed by atoms with Crippen LogP contribution in [0.15, 0.2) is 30.3 Å². The summed E-state index contributed by atoms with van der Waals surface area (Å²) in [5, 5.41) is 6.86. The number of aromatic nitrogens is 3. The van der Waals surface area contributed by atoms with Crippen LogP contribution in [0.25, 0.3) is 5.65 Å². The molecule has 1 fully saturated rings. The highest BCUT2D eigenvalue weighted by Crippen LogP contribution is 2.40. The van der Waals surface area contributed by atoms with Gasteiger partial charge < -0.3 is 5.32 Å². The summed E-state index contributed by atoms with van der Waals surface area (Å²) in [4.78, 5) is 17.0. The summed E-state index contributed by atoms with van der Waals surface area (Å²) in [6.07, 6.45) is -0.771. The van der Waals surface area contributed by atoms with Crippen LogP contribution in [0.1, 0.15) is 58.2 Å². The molecule has 0 radical (unpaired) electrons. The molecule has 0 spiro atoms. The van der Waals surface area contributed by atoms with Crippen molar-refractivity contribution in [3.63, 3.8) is 0 Å². The van der Waals surface area contributed by atoms with Crippen LogP contribution in [0.2, 0.25) is 0 Å². The Labute approximate surface area is 149 Å². The van der Waals surface area contributed by atoms with Gasteiger partial charge in [0.05, 0.1) is 0 Å². The molecule has 1 amide bonds. The van der Waals surface area contributed by atoms with E-state index in [1.54, 1.807) is 0 Å². The first-order chi connectivity index (χ1) is 12.4. The van der Waals surface area contributed by atoms with Gasteiger partial charge >= 0.3 is 0 Å². The van der Waals surface area contributed by atoms with Gasteiger partial charge in [0.15, 0.2) is 11.3 Å². The van der Waals surface area contributed by atoms with Crippen LogP contribution in [-0.2, 0) is 0 Å². The maximum absolute atomic E-state index is 13.4. The molecule has 2 heterocycles. The minimum atomic E-state index is -2.69. The van der Waals surface area contributed by atoms with Gasteiger partial charge in [0.25, 0.3) is 12.3 Å². The van der Waals surface area contributed by atoms with E-state index in [0.29, 0.717) is 11.4 Å². The monoisotopic (exact) mass is 356 g/mol. The molecular weight excluding hydrogens is 338 g/mol. The Morgan fingerprint density at radius 2 is 2.00 bits per heavy atom. The fourth-order valence-corrected chi connectivity index (χ4v) is 2.93. The van der Waals surface area contributed by atoms with Crippen molar-refractivity contribution >= 4 is 17.2 Å². The number of nitrogens with zero attached hydrogens (tertiary/aromatic N) is 3. The number of halogens is 2. The highest BCUT2D eigenvalue weighted by Gasteiger charge is 2.28. The van der Waals surface area contributed by atoms with Crippen LogP contribution in [-0.4, -0.2) is 20.5 Å². The zero-order valence-corrected chi connectivity index (χ0v) is 14.5. The summed E-state index contributed by atoms with van der Waals surface area (Å²) in [5.41, 5.74) is 3.35. The second-order valence-electron chi connectivity index (χ2n) is 6.75. The van der Waals surface area contributed by atoms with Crippen molar-refractivity contribution < 1.29 is 13.6 Å². The first-order valence-electron chi connectivity index (χ1n) is 8.50. The molecular formula is C19H18F2N4O. The molecule has 7 heteroatoms. The molecule has 1 aliphatic carbocycles. The highest BCUT2D eigenvalue weighted by atomic mass is 19.3. The van der Waals surface area contributed by atoms with E-state index in [4.69, 9.17) is 0 Å². The first kappa shape index (κ1) is 16.6. The lowest BCUT2D eigenvalue weighted by molar-refractivity contribution is 0.102. The van der Waals surface area contributed by atoms with Gasteiger partial charge in [0.2, 0.25) is 0 Å².